The van der Waals surface area contributed by atoms with Crippen molar-refractivity contribution in [2.24, 2.45) is 0 Å². The fourth-order valence-electron chi connectivity index (χ4n) is 3.21. The van der Waals surface area contributed by atoms with Gasteiger partial charge in [-0.1, -0.05) is 19.3 Å². The molecule has 0 aliphatic heterocycles. The van der Waals surface area contributed by atoms with E-state index in [9.17, 15) is 9.59 Å². The number of aromatic nitrogens is 3. The van der Waals surface area contributed by atoms with Gasteiger partial charge < -0.3 is 10.1 Å². The molecule has 0 atom stereocenters. The molecule has 0 spiro atoms. The summed E-state index contributed by atoms with van der Waals surface area (Å²) in [6, 6.07) is 3.72. The minimum atomic E-state index is -0.403. The second kappa shape index (κ2) is 8.12. The Morgan fingerprint density at radius 3 is 2.65 bits per heavy atom. The Morgan fingerprint density at radius 2 is 2.00 bits per heavy atom. The number of ether oxygens (including phenoxy) is 1. The van der Waals surface area contributed by atoms with E-state index in [0.29, 0.717) is 29.2 Å². The van der Waals surface area contributed by atoms with Crippen LogP contribution in [0.5, 0.6) is 0 Å². The Labute approximate surface area is 152 Å². The number of rotatable bonds is 5. The first kappa shape index (κ1) is 18.1. The highest BCUT2D eigenvalue weighted by molar-refractivity contribution is 5.94. The summed E-state index contributed by atoms with van der Waals surface area (Å²) in [5.41, 5.74) is 1.58. The van der Waals surface area contributed by atoms with Crippen molar-refractivity contribution in [2.45, 2.75) is 52.0 Å². The number of hydrogen-bond donors (Lipinski definition) is 1. The van der Waals surface area contributed by atoms with Gasteiger partial charge in [0.05, 0.1) is 24.1 Å². The second-order valence-electron chi connectivity index (χ2n) is 6.49. The first-order chi connectivity index (χ1) is 12.6. The largest absolute Gasteiger partial charge is 0.462 e. The van der Waals surface area contributed by atoms with Crippen LogP contribution in [0, 0.1) is 6.92 Å². The zero-order chi connectivity index (χ0) is 18.5. The predicted octanol–water partition coefficient (Wildman–Crippen LogP) is 2.81. The summed E-state index contributed by atoms with van der Waals surface area (Å²) >= 11 is 0. The van der Waals surface area contributed by atoms with E-state index in [4.69, 9.17) is 4.74 Å². The monoisotopic (exact) mass is 356 g/mol. The Kier molecular flexibility index (Phi) is 5.65. The molecule has 1 aliphatic rings. The van der Waals surface area contributed by atoms with Crippen LogP contribution in [-0.2, 0) is 4.74 Å². The summed E-state index contributed by atoms with van der Waals surface area (Å²) < 4.78 is 6.58. The van der Waals surface area contributed by atoms with Crippen LogP contribution in [-0.4, -0.2) is 39.3 Å². The van der Waals surface area contributed by atoms with Crippen LogP contribution >= 0.6 is 0 Å². The van der Waals surface area contributed by atoms with Gasteiger partial charge in [0.15, 0.2) is 5.82 Å². The summed E-state index contributed by atoms with van der Waals surface area (Å²) in [7, 11) is 0. The Bertz CT molecular complexity index is 777. The number of esters is 1. The van der Waals surface area contributed by atoms with Gasteiger partial charge in [-0.2, -0.15) is 5.10 Å². The number of carbonyl (C=O) groups is 2. The van der Waals surface area contributed by atoms with E-state index in [0.717, 1.165) is 12.8 Å². The standard InChI is InChI=1S/C19H24N4O3/c1-3-26-19(25)16-12-21-23(13(16)2)17-10-9-14(11-20-17)18(24)22-15-7-5-4-6-8-15/h9-12,15H,3-8H2,1-2H3,(H,22,24). The molecule has 1 N–H and O–H groups in total. The maximum Gasteiger partial charge on any atom is 0.341 e. The molecule has 1 saturated carbocycles. The number of hydrogen-bond acceptors (Lipinski definition) is 5. The fraction of sp³-hybridized carbons (Fsp3) is 0.474. The lowest BCUT2D eigenvalue weighted by molar-refractivity contribution is 0.0525. The van der Waals surface area contributed by atoms with Gasteiger partial charge in [-0.25, -0.2) is 14.5 Å². The highest BCUT2D eigenvalue weighted by Crippen LogP contribution is 2.18. The zero-order valence-corrected chi connectivity index (χ0v) is 15.2. The average molecular weight is 356 g/mol. The summed E-state index contributed by atoms with van der Waals surface area (Å²) in [6.45, 7) is 3.85. The van der Waals surface area contributed by atoms with E-state index in [1.54, 1.807) is 36.9 Å². The lowest BCUT2D eigenvalue weighted by Gasteiger charge is -2.22. The molecule has 0 saturated heterocycles. The number of carbonyl (C=O) groups excluding carboxylic acids is 2. The molecule has 1 aliphatic carbocycles. The zero-order valence-electron chi connectivity index (χ0n) is 15.2. The molecule has 1 amide bonds. The van der Waals surface area contributed by atoms with Crippen molar-refractivity contribution in [3.05, 3.63) is 41.3 Å². The van der Waals surface area contributed by atoms with Crippen molar-refractivity contribution in [1.29, 1.82) is 0 Å². The molecular formula is C19H24N4O3. The number of pyridine rings is 1. The molecule has 7 heteroatoms. The van der Waals surface area contributed by atoms with Gasteiger partial charge >= 0.3 is 5.97 Å². The molecule has 2 aromatic rings. The molecule has 138 valence electrons. The lowest BCUT2D eigenvalue weighted by atomic mass is 9.95. The van der Waals surface area contributed by atoms with E-state index in [1.165, 1.54) is 25.5 Å². The van der Waals surface area contributed by atoms with Crippen molar-refractivity contribution in [3.63, 3.8) is 0 Å². The molecule has 26 heavy (non-hydrogen) atoms. The van der Waals surface area contributed by atoms with Gasteiger partial charge in [-0.15, -0.1) is 0 Å². The molecule has 0 aromatic carbocycles. The van der Waals surface area contributed by atoms with Crippen LogP contribution in [0.15, 0.2) is 24.5 Å². The van der Waals surface area contributed by atoms with Gasteiger partial charge in [0.1, 0.15) is 5.56 Å². The van der Waals surface area contributed by atoms with E-state index in [1.807, 2.05) is 0 Å². The molecule has 1 fully saturated rings. The highest BCUT2D eigenvalue weighted by Gasteiger charge is 2.18. The molecule has 2 heterocycles. The fourth-order valence-corrected chi connectivity index (χ4v) is 3.21. The summed E-state index contributed by atoms with van der Waals surface area (Å²) in [6.07, 6.45) is 8.69. The molecule has 0 unspecified atom stereocenters. The maximum absolute atomic E-state index is 12.4. The first-order valence-electron chi connectivity index (χ1n) is 9.09. The lowest BCUT2D eigenvalue weighted by Crippen LogP contribution is -2.36. The number of nitrogens with one attached hydrogen (secondary N) is 1. The Balaban J connectivity index is 1.71. The van der Waals surface area contributed by atoms with E-state index in [2.05, 4.69) is 15.4 Å². The summed E-state index contributed by atoms with van der Waals surface area (Å²) in [5, 5.41) is 7.29. The third kappa shape index (κ3) is 3.92. The molecular weight excluding hydrogens is 332 g/mol. The smallest absolute Gasteiger partial charge is 0.341 e. The van der Waals surface area contributed by atoms with Gasteiger partial charge in [-0.3, -0.25) is 4.79 Å². The van der Waals surface area contributed by atoms with Crippen molar-refractivity contribution in [1.82, 2.24) is 20.1 Å². The summed E-state index contributed by atoms with van der Waals surface area (Å²) in [5.74, 6) is 0.0485. The Morgan fingerprint density at radius 1 is 1.23 bits per heavy atom. The molecule has 2 aromatic heterocycles. The SMILES string of the molecule is CCOC(=O)c1cnn(-c2ccc(C(=O)NC3CCCCC3)cn2)c1C. The van der Waals surface area contributed by atoms with Gasteiger partial charge in [0.25, 0.3) is 5.91 Å². The minimum Gasteiger partial charge on any atom is -0.462 e. The van der Waals surface area contributed by atoms with Crippen LogP contribution < -0.4 is 5.32 Å². The van der Waals surface area contributed by atoms with Crippen molar-refractivity contribution >= 4 is 11.9 Å². The Hall–Kier alpha value is -2.70. The molecule has 7 nitrogen and oxygen atoms in total. The predicted molar refractivity (Wildman–Crippen MR) is 96.4 cm³/mol. The average Bonchev–Trinajstić information content (AvgIpc) is 3.04. The van der Waals surface area contributed by atoms with Gasteiger partial charge in [0.2, 0.25) is 0 Å². The summed E-state index contributed by atoms with van der Waals surface area (Å²) in [4.78, 5) is 28.6. The van der Waals surface area contributed by atoms with E-state index < -0.39 is 5.97 Å². The topological polar surface area (TPSA) is 86.1 Å². The number of amides is 1. The first-order valence-corrected chi connectivity index (χ1v) is 9.09. The third-order valence-corrected chi connectivity index (χ3v) is 4.67. The van der Waals surface area contributed by atoms with E-state index >= 15 is 0 Å². The second-order valence-corrected chi connectivity index (χ2v) is 6.49. The molecule has 0 bridgehead atoms. The van der Waals surface area contributed by atoms with Gasteiger partial charge in [0, 0.05) is 12.2 Å². The maximum atomic E-state index is 12.4. The minimum absolute atomic E-state index is 0.0969. The normalized spacial score (nSPS) is 14.8. The highest BCUT2D eigenvalue weighted by atomic mass is 16.5. The number of nitrogens with zero attached hydrogens (tertiary/aromatic N) is 3. The van der Waals surface area contributed by atoms with Crippen LogP contribution in [0.25, 0.3) is 5.82 Å². The van der Waals surface area contributed by atoms with Crippen molar-refractivity contribution in [2.75, 3.05) is 6.61 Å². The van der Waals surface area contributed by atoms with Crippen LogP contribution in [0.3, 0.4) is 0 Å². The molecule has 0 radical (unpaired) electrons. The van der Waals surface area contributed by atoms with E-state index in [-0.39, 0.29) is 11.9 Å². The van der Waals surface area contributed by atoms with Crippen LogP contribution in [0.1, 0.15) is 65.4 Å². The van der Waals surface area contributed by atoms with Crippen LogP contribution in [0.4, 0.5) is 0 Å². The molecule has 3 rings (SSSR count). The third-order valence-electron chi connectivity index (χ3n) is 4.67. The van der Waals surface area contributed by atoms with Crippen molar-refractivity contribution in [3.8, 4) is 5.82 Å². The van der Waals surface area contributed by atoms with Crippen LogP contribution in [0.2, 0.25) is 0 Å². The quantitative estimate of drug-likeness (QED) is 0.833. The van der Waals surface area contributed by atoms with Crippen molar-refractivity contribution < 1.29 is 14.3 Å². The van der Waals surface area contributed by atoms with Gasteiger partial charge in [-0.05, 0) is 38.8 Å².